The number of thioether (sulfide) groups is 1. The van der Waals surface area contributed by atoms with Gasteiger partial charge < -0.3 is 16.2 Å². The predicted octanol–water partition coefficient (Wildman–Crippen LogP) is 1.62. The van der Waals surface area contributed by atoms with E-state index in [1.54, 1.807) is 31.3 Å². The molecule has 0 spiro atoms. The number of amides is 1. The van der Waals surface area contributed by atoms with E-state index >= 15 is 0 Å². The maximum atomic E-state index is 11.4. The fraction of sp³-hybridized carbons (Fsp3) is 0.167. The van der Waals surface area contributed by atoms with Gasteiger partial charge in [0, 0.05) is 30.0 Å². The van der Waals surface area contributed by atoms with Crippen molar-refractivity contribution in [1.82, 2.24) is 4.98 Å². The molecule has 9 heteroatoms. The molecule has 0 saturated heterocycles. The van der Waals surface area contributed by atoms with E-state index in [2.05, 4.69) is 20.8 Å². The summed E-state index contributed by atoms with van der Waals surface area (Å²) in [6.45, 7) is 0. The number of esters is 1. The van der Waals surface area contributed by atoms with Crippen LogP contribution in [0.25, 0.3) is 11.1 Å². The number of carbonyl (C=O) groups is 2. The van der Waals surface area contributed by atoms with E-state index in [1.165, 1.54) is 13.3 Å². The lowest BCUT2D eigenvalue weighted by Gasteiger charge is -2.14. The molecule has 0 aliphatic carbocycles. The second kappa shape index (κ2) is 8.82. The van der Waals surface area contributed by atoms with Crippen LogP contribution in [0.5, 0.6) is 0 Å². The number of nitriles is 1. The fourth-order valence-corrected chi connectivity index (χ4v) is 3.18. The van der Waals surface area contributed by atoms with Gasteiger partial charge in [-0.2, -0.15) is 5.26 Å². The summed E-state index contributed by atoms with van der Waals surface area (Å²) in [5, 5.41) is 10.0. The van der Waals surface area contributed by atoms with Gasteiger partial charge in [-0.15, -0.1) is 0 Å². The lowest BCUT2D eigenvalue weighted by molar-refractivity contribution is -0.137. The molecular weight excluding hydrogens is 366 g/mol. The van der Waals surface area contributed by atoms with E-state index in [4.69, 9.17) is 11.5 Å². The maximum absolute atomic E-state index is 11.4. The van der Waals surface area contributed by atoms with Crippen LogP contribution in [0.4, 0.5) is 5.82 Å². The van der Waals surface area contributed by atoms with Crippen LogP contribution in [0.2, 0.25) is 0 Å². The number of benzene rings is 1. The number of methoxy groups -OCH3 is 1. The zero-order valence-corrected chi connectivity index (χ0v) is 15.5. The molecule has 2 rings (SSSR count). The molecule has 0 atom stereocenters. The van der Waals surface area contributed by atoms with Gasteiger partial charge in [-0.3, -0.25) is 14.6 Å². The molecule has 1 heterocycles. The number of hydrogen-bond acceptors (Lipinski definition) is 8. The third-order valence-corrected chi connectivity index (χ3v) is 4.56. The Morgan fingerprint density at radius 3 is 2.56 bits per heavy atom. The average Bonchev–Trinajstić information content (AvgIpc) is 2.67. The number of hydrogen-bond donors (Lipinski definition) is 2. The number of anilines is 1. The van der Waals surface area contributed by atoms with E-state index in [0.717, 1.165) is 11.8 Å². The fourth-order valence-electron chi connectivity index (χ4n) is 2.35. The average molecular weight is 383 g/mol. The Bertz CT molecular complexity index is 949. The van der Waals surface area contributed by atoms with Crippen molar-refractivity contribution in [3.05, 3.63) is 41.0 Å². The van der Waals surface area contributed by atoms with Crippen molar-refractivity contribution in [3.63, 3.8) is 0 Å². The molecule has 138 valence electrons. The number of nitrogens with zero attached hydrogens (tertiary/aromatic N) is 3. The number of nitrogens with two attached hydrogens (primary N) is 2. The molecule has 0 radical (unpaired) electrons. The maximum Gasteiger partial charge on any atom is 0.316 e. The Morgan fingerprint density at radius 2 is 2.04 bits per heavy atom. The van der Waals surface area contributed by atoms with Gasteiger partial charge >= 0.3 is 5.97 Å². The minimum absolute atomic E-state index is 0.0150. The summed E-state index contributed by atoms with van der Waals surface area (Å²) in [4.78, 5) is 31.0. The van der Waals surface area contributed by atoms with Gasteiger partial charge in [0.2, 0.25) is 5.91 Å². The van der Waals surface area contributed by atoms with E-state index in [9.17, 15) is 14.9 Å². The highest BCUT2D eigenvalue weighted by atomic mass is 32.2. The molecule has 1 amide bonds. The number of aromatic nitrogens is 1. The van der Waals surface area contributed by atoms with Crippen molar-refractivity contribution < 1.29 is 14.3 Å². The number of carbonyl (C=O) groups excluding carboxylic acids is 2. The zero-order chi connectivity index (χ0) is 20.0. The Morgan fingerprint density at radius 1 is 1.37 bits per heavy atom. The standard InChI is InChI=1S/C18H17N5O3S/c1-22-8-13-15(10-3-5-11(6-4-10)17(21)25)12(7-19)18(23-16(13)20)27-9-14(24)26-2/h3-6,8H,9H2,1-2H3,(H2,20,23)(H2,21,25). The van der Waals surface area contributed by atoms with Crippen LogP contribution >= 0.6 is 11.8 Å². The zero-order valence-electron chi connectivity index (χ0n) is 14.7. The molecule has 0 bridgehead atoms. The minimum atomic E-state index is -0.555. The molecule has 8 nitrogen and oxygen atoms in total. The lowest BCUT2D eigenvalue weighted by Crippen LogP contribution is -2.10. The first-order chi connectivity index (χ1) is 12.9. The van der Waals surface area contributed by atoms with E-state index in [0.29, 0.717) is 27.3 Å². The predicted molar refractivity (Wildman–Crippen MR) is 104 cm³/mol. The number of rotatable bonds is 6. The van der Waals surface area contributed by atoms with Crippen molar-refractivity contribution >= 4 is 35.7 Å². The van der Waals surface area contributed by atoms with Gasteiger partial charge in [-0.25, -0.2) is 4.98 Å². The topological polar surface area (TPSA) is 144 Å². The highest BCUT2D eigenvalue weighted by Crippen LogP contribution is 2.35. The third-order valence-electron chi connectivity index (χ3n) is 3.61. The Labute approximate surface area is 160 Å². The smallest absolute Gasteiger partial charge is 0.316 e. The van der Waals surface area contributed by atoms with E-state index in [-0.39, 0.29) is 17.1 Å². The Balaban J connectivity index is 2.67. The Hall–Kier alpha value is -3.38. The normalized spacial score (nSPS) is 10.6. The van der Waals surface area contributed by atoms with Crippen molar-refractivity contribution in [2.24, 2.45) is 10.7 Å². The van der Waals surface area contributed by atoms with Crippen LogP contribution in [0, 0.1) is 11.3 Å². The van der Waals surface area contributed by atoms with Gasteiger partial charge in [0.25, 0.3) is 0 Å². The summed E-state index contributed by atoms with van der Waals surface area (Å²) in [6.07, 6.45) is 1.51. The van der Waals surface area contributed by atoms with Crippen molar-refractivity contribution in [3.8, 4) is 17.2 Å². The molecule has 4 N–H and O–H groups in total. The molecule has 0 fully saturated rings. The summed E-state index contributed by atoms with van der Waals surface area (Å²) in [6, 6.07) is 8.57. The summed E-state index contributed by atoms with van der Waals surface area (Å²) in [5.41, 5.74) is 13.6. The number of aliphatic imine (C=N–C) groups is 1. The molecule has 1 aromatic carbocycles. The molecular formula is C18H17N5O3S. The van der Waals surface area contributed by atoms with Crippen LogP contribution in [-0.2, 0) is 9.53 Å². The highest BCUT2D eigenvalue weighted by molar-refractivity contribution is 7.99. The second-order valence-corrected chi connectivity index (χ2v) is 6.24. The number of ether oxygens (including phenoxy) is 1. The summed E-state index contributed by atoms with van der Waals surface area (Å²) >= 11 is 1.06. The molecule has 0 aliphatic heterocycles. The third kappa shape index (κ3) is 4.43. The molecule has 1 aromatic heterocycles. The molecule has 2 aromatic rings. The first-order valence-electron chi connectivity index (χ1n) is 7.68. The number of primary amides is 1. The summed E-state index contributed by atoms with van der Waals surface area (Å²) < 4.78 is 4.62. The minimum Gasteiger partial charge on any atom is -0.468 e. The van der Waals surface area contributed by atoms with Crippen LogP contribution in [0.3, 0.4) is 0 Å². The van der Waals surface area contributed by atoms with Crippen LogP contribution < -0.4 is 11.5 Å². The van der Waals surface area contributed by atoms with Crippen LogP contribution in [0.1, 0.15) is 21.5 Å². The van der Waals surface area contributed by atoms with Crippen molar-refractivity contribution in [2.75, 3.05) is 25.6 Å². The largest absolute Gasteiger partial charge is 0.468 e. The quantitative estimate of drug-likeness (QED) is 0.438. The van der Waals surface area contributed by atoms with Gasteiger partial charge in [-0.1, -0.05) is 23.9 Å². The van der Waals surface area contributed by atoms with E-state index in [1.807, 2.05) is 0 Å². The molecule has 0 saturated carbocycles. The second-order valence-electron chi connectivity index (χ2n) is 5.27. The first kappa shape index (κ1) is 19.9. The molecule has 0 aliphatic rings. The van der Waals surface area contributed by atoms with Crippen molar-refractivity contribution in [1.29, 1.82) is 5.26 Å². The van der Waals surface area contributed by atoms with Gasteiger partial charge in [0.05, 0.1) is 18.4 Å². The van der Waals surface area contributed by atoms with Crippen molar-refractivity contribution in [2.45, 2.75) is 5.03 Å². The monoisotopic (exact) mass is 383 g/mol. The first-order valence-corrected chi connectivity index (χ1v) is 8.67. The van der Waals surface area contributed by atoms with E-state index < -0.39 is 11.9 Å². The summed E-state index contributed by atoms with van der Waals surface area (Å²) in [7, 11) is 2.85. The van der Waals surface area contributed by atoms with Gasteiger partial charge in [-0.05, 0) is 17.7 Å². The van der Waals surface area contributed by atoms with Gasteiger partial charge in [0.1, 0.15) is 16.9 Å². The van der Waals surface area contributed by atoms with Crippen LogP contribution in [-0.4, -0.2) is 43.0 Å². The molecule has 27 heavy (non-hydrogen) atoms. The van der Waals surface area contributed by atoms with Gasteiger partial charge in [0.15, 0.2) is 0 Å². The lowest BCUT2D eigenvalue weighted by atomic mass is 9.96. The summed E-state index contributed by atoms with van der Waals surface area (Å²) in [5.74, 6) is -0.850. The highest BCUT2D eigenvalue weighted by Gasteiger charge is 2.20. The SMILES string of the molecule is CN=Cc1c(N)nc(SCC(=O)OC)c(C#N)c1-c1ccc(C(N)=O)cc1. The molecule has 0 unspecified atom stereocenters. The van der Waals surface area contributed by atoms with Crippen LogP contribution in [0.15, 0.2) is 34.3 Å². The Kier molecular flexibility index (Phi) is 6.51. The number of nitrogen functional groups attached to an aromatic ring is 1. The number of pyridine rings is 1.